The van der Waals surface area contributed by atoms with Gasteiger partial charge in [0.2, 0.25) is 5.78 Å². The van der Waals surface area contributed by atoms with Gasteiger partial charge >= 0.3 is 5.97 Å². The summed E-state index contributed by atoms with van der Waals surface area (Å²) in [5.41, 5.74) is 7.68. The lowest BCUT2D eigenvalue weighted by molar-refractivity contribution is -0.383. The van der Waals surface area contributed by atoms with Gasteiger partial charge in [-0.3, -0.25) is 14.9 Å². The van der Waals surface area contributed by atoms with Crippen molar-refractivity contribution in [1.82, 2.24) is 4.98 Å². The SMILES string of the molecule is Nc1ccc(C(=O)OCC(=O)c2c(-c3ccccc3)[nH]c3ccccc23)cc1[N+](=O)[O-]. The lowest BCUT2D eigenvalue weighted by Gasteiger charge is -2.07. The number of carbonyl (C=O) groups is 2. The molecule has 8 heteroatoms. The van der Waals surface area contributed by atoms with Crippen LogP contribution in [0.3, 0.4) is 0 Å². The number of nitrogen functional groups attached to an aromatic ring is 1. The van der Waals surface area contributed by atoms with Crippen LogP contribution in [0.25, 0.3) is 22.2 Å². The number of H-pyrrole nitrogens is 1. The van der Waals surface area contributed by atoms with E-state index < -0.39 is 29.0 Å². The number of nitrogens with zero attached hydrogens (tertiary/aromatic N) is 1. The molecule has 4 rings (SSSR count). The van der Waals surface area contributed by atoms with Gasteiger partial charge in [-0.25, -0.2) is 4.79 Å². The highest BCUT2D eigenvalue weighted by molar-refractivity contribution is 6.14. The summed E-state index contributed by atoms with van der Waals surface area (Å²) in [6.07, 6.45) is 0. The molecule has 0 spiro atoms. The van der Waals surface area contributed by atoms with Gasteiger partial charge in [-0.05, 0) is 23.8 Å². The third kappa shape index (κ3) is 3.86. The van der Waals surface area contributed by atoms with Crippen molar-refractivity contribution in [1.29, 1.82) is 0 Å². The summed E-state index contributed by atoms with van der Waals surface area (Å²) >= 11 is 0. The highest BCUT2D eigenvalue weighted by Crippen LogP contribution is 2.31. The number of nitrogens with one attached hydrogen (secondary N) is 1. The summed E-state index contributed by atoms with van der Waals surface area (Å²) in [6.45, 7) is -0.515. The number of fused-ring (bicyclic) bond motifs is 1. The summed E-state index contributed by atoms with van der Waals surface area (Å²) in [5, 5.41) is 11.7. The monoisotopic (exact) mass is 415 g/mol. The third-order valence-electron chi connectivity index (χ3n) is 4.84. The number of hydrogen-bond donors (Lipinski definition) is 2. The van der Waals surface area contributed by atoms with Crippen molar-refractivity contribution in [2.45, 2.75) is 0 Å². The first kappa shape index (κ1) is 19.8. The van der Waals surface area contributed by atoms with Crippen LogP contribution in [0.5, 0.6) is 0 Å². The number of ether oxygens (including phenoxy) is 1. The Morgan fingerprint density at radius 3 is 2.45 bits per heavy atom. The van der Waals surface area contributed by atoms with Gasteiger partial charge in [0.05, 0.1) is 21.7 Å². The molecule has 0 unspecified atom stereocenters. The predicted molar refractivity (Wildman–Crippen MR) is 116 cm³/mol. The Balaban J connectivity index is 1.62. The molecule has 8 nitrogen and oxygen atoms in total. The van der Waals surface area contributed by atoms with Crippen LogP contribution in [0, 0.1) is 10.1 Å². The van der Waals surface area contributed by atoms with E-state index in [1.165, 1.54) is 12.1 Å². The molecule has 0 saturated carbocycles. The summed E-state index contributed by atoms with van der Waals surface area (Å²) in [7, 11) is 0. The van der Waals surface area contributed by atoms with E-state index in [2.05, 4.69) is 4.98 Å². The Morgan fingerprint density at radius 2 is 1.71 bits per heavy atom. The Morgan fingerprint density at radius 1 is 1.00 bits per heavy atom. The number of aromatic amines is 1. The van der Waals surface area contributed by atoms with Crippen LogP contribution in [0.4, 0.5) is 11.4 Å². The molecular weight excluding hydrogens is 398 g/mol. The molecule has 1 aromatic heterocycles. The van der Waals surface area contributed by atoms with Gasteiger partial charge in [-0.1, -0.05) is 48.5 Å². The van der Waals surface area contributed by atoms with Crippen molar-refractivity contribution >= 4 is 34.0 Å². The van der Waals surface area contributed by atoms with Gasteiger partial charge in [0.1, 0.15) is 5.69 Å². The van der Waals surface area contributed by atoms with E-state index in [1.807, 2.05) is 54.6 Å². The minimum absolute atomic E-state index is 0.0593. The Labute approximate surface area is 176 Å². The van der Waals surface area contributed by atoms with E-state index in [-0.39, 0.29) is 11.3 Å². The van der Waals surface area contributed by atoms with Gasteiger partial charge in [0.15, 0.2) is 6.61 Å². The number of esters is 1. The maximum absolute atomic E-state index is 13.1. The zero-order chi connectivity index (χ0) is 22.0. The van der Waals surface area contributed by atoms with Gasteiger partial charge in [-0.2, -0.15) is 0 Å². The number of nitro benzene ring substituents is 1. The minimum Gasteiger partial charge on any atom is -0.454 e. The zero-order valence-electron chi connectivity index (χ0n) is 16.2. The number of ketones is 1. The number of nitrogens with two attached hydrogens (primary N) is 1. The van der Waals surface area contributed by atoms with Crippen LogP contribution in [0.2, 0.25) is 0 Å². The summed E-state index contributed by atoms with van der Waals surface area (Å²) in [5.74, 6) is -1.24. The number of aromatic nitrogens is 1. The Kier molecular flexibility index (Phi) is 5.19. The van der Waals surface area contributed by atoms with Crippen LogP contribution in [-0.4, -0.2) is 28.3 Å². The molecule has 0 fully saturated rings. The van der Waals surface area contributed by atoms with Crippen LogP contribution >= 0.6 is 0 Å². The van der Waals surface area contributed by atoms with Crippen LogP contribution in [0.15, 0.2) is 72.8 Å². The summed E-state index contributed by atoms with van der Waals surface area (Å²) in [6, 6.07) is 20.3. The fraction of sp³-hybridized carbons (Fsp3) is 0.0435. The molecule has 0 aliphatic heterocycles. The smallest absolute Gasteiger partial charge is 0.338 e. The average molecular weight is 415 g/mol. The van der Waals surface area contributed by atoms with Crippen molar-refractivity contribution < 1.29 is 19.2 Å². The molecule has 4 aromatic rings. The minimum atomic E-state index is -0.849. The number of Topliss-reactive ketones (excluding diaryl/α,β-unsaturated/α-hetero) is 1. The maximum Gasteiger partial charge on any atom is 0.338 e. The molecule has 3 aromatic carbocycles. The van der Waals surface area contributed by atoms with Crippen LogP contribution in [-0.2, 0) is 4.74 Å². The maximum atomic E-state index is 13.1. The standard InChI is InChI=1S/C23H17N3O5/c24-17-11-10-15(12-19(17)26(29)30)23(28)31-13-20(27)21-16-8-4-5-9-18(16)25-22(21)14-6-2-1-3-7-14/h1-12,25H,13,24H2. The largest absolute Gasteiger partial charge is 0.454 e. The molecule has 154 valence electrons. The van der Waals surface area contributed by atoms with Crippen molar-refractivity contribution in [3.63, 3.8) is 0 Å². The van der Waals surface area contributed by atoms with Crippen molar-refractivity contribution in [3.8, 4) is 11.3 Å². The van der Waals surface area contributed by atoms with Crippen LogP contribution in [0.1, 0.15) is 20.7 Å². The van der Waals surface area contributed by atoms with E-state index in [9.17, 15) is 19.7 Å². The third-order valence-corrected chi connectivity index (χ3v) is 4.84. The number of para-hydroxylation sites is 1. The van der Waals surface area contributed by atoms with E-state index >= 15 is 0 Å². The van der Waals surface area contributed by atoms with Gasteiger partial charge in [0.25, 0.3) is 5.69 Å². The molecule has 0 bridgehead atoms. The fourth-order valence-corrected chi connectivity index (χ4v) is 3.37. The first-order valence-electron chi connectivity index (χ1n) is 9.36. The molecule has 0 aliphatic rings. The molecule has 0 saturated heterocycles. The van der Waals surface area contributed by atoms with Gasteiger partial charge in [-0.15, -0.1) is 0 Å². The lowest BCUT2D eigenvalue weighted by Crippen LogP contribution is -2.15. The topological polar surface area (TPSA) is 128 Å². The second-order valence-electron chi connectivity index (χ2n) is 6.82. The molecule has 3 N–H and O–H groups in total. The molecule has 0 amide bonds. The first-order chi connectivity index (χ1) is 15.0. The molecule has 1 heterocycles. The predicted octanol–water partition coefficient (Wildman–Crippen LogP) is 4.37. The van der Waals surface area contributed by atoms with Crippen molar-refractivity contribution in [3.05, 3.63) is 94.0 Å². The van der Waals surface area contributed by atoms with E-state index in [0.29, 0.717) is 16.6 Å². The molecule has 0 aliphatic carbocycles. The van der Waals surface area contributed by atoms with Crippen molar-refractivity contribution in [2.75, 3.05) is 12.3 Å². The lowest BCUT2D eigenvalue weighted by atomic mass is 10.0. The summed E-state index contributed by atoms with van der Waals surface area (Å²) < 4.78 is 5.16. The number of nitro groups is 1. The number of benzene rings is 3. The molecular formula is C23H17N3O5. The van der Waals surface area contributed by atoms with Crippen LogP contribution < -0.4 is 5.73 Å². The molecule has 31 heavy (non-hydrogen) atoms. The zero-order valence-corrected chi connectivity index (χ0v) is 16.2. The first-order valence-corrected chi connectivity index (χ1v) is 9.36. The Bertz CT molecular complexity index is 1310. The van der Waals surface area contributed by atoms with E-state index in [0.717, 1.165) is 17.1 Å². The number of rotatable bonds is 6. The van der Waals surface area contributed by atoms with E-state index in [1.54, 1.807) is 0 Å². The average Bonchev–Trinajstić information content (AvgIpc) is 3.17. The number of carbonyl (C=O) groups excluding carboxylic acids is 2. The van der Waals surface area contributed by atoms with Gasteiger partial charge in [0, 0.05) is 17.0 Å². The summed E-state index contributed by atoms with van der Waals surface area (Å²) in [4.78, 5) is 39.0. The highest BCUT2D eigenvalue weighted by Gasteiger charge is 2.22. The fourth-order valence-electron chi connectivity index (χ4n) is 3.37. The second-order valence-corrected chi connectivity index (χ2v) is 6.82. The highest BCUT2D eigenvalue weighted by atomic mass is 16.6. The van der Waals surface area contributed by atoms with Crippen molar-refractivity contribution in [2.24, 2.45) is 0 Å². The van der Waals surface area contributed by atoms with E-state index in [4.69, 9.17) is 10.5 Å². The second kappa shape index (κ2) is 8.11. The number of hydrogen-bond acceptors (Lipinski definition) is 6. The molecule has 0 atom stereocenters. The van der Waals surface area contributed by atoms with Gasteiger partial charge < -0.3 is 15.5 Å². The Hall–Kier alpha value is -4.46. The normalized spacial score (nSPS) is 10.7. The quantitative estimate of drug-likeness (QED) is 0.158. The molecule has 0 radical (unpaired) electrons. The number of anilines is 1.